The average molecular weight is 406 g/mol. The molecule has 0 unspecified atom stereocenters. The van der Waals surface area contributed by atoms with E-state index in [1.54, 1.807) is 12.1 Å². The third-order valence-electron chi connectivity index (χ3n) is 5.23. The Morgan fingerprint density at radius 2 is 1.74 bits per heavy atom. The molecule has 5 heteroatoms. The van der Waals surface area contributed by atoms with Crippen LogP contribution < -0.4 is 10.9 Å². The highest BCUT2D eigenvalue weighted by atomic mass is 16.1. The van der Waals surface area contributed by atoms with Gasteiger partial charge in [0.25, 0.3) is 5.56 Å². The zero-order chi connectivity index (χ0) is 22.0. The van der Waals surface area contributed by atoms with Gasteiger partial charge in [0.2, 0.25) is 5.95 Å². The van der Waals surface area contributed by atoms with Gasteiger partial charge in [-0.15, -0.1) is 0 Å². The minimum atomic E-state index is -0.189. The number of aryl methyl sites for hydroxylation is 3. The highest BCUT2D eigenvalue weighted by molar-refractivity contribution is 5.95. The monoisotopic (exact) mass is 406 g/mol. The lowest BCUT2D eigenvalue weighted by atomic mass is 9.92. The van der Waals surface area contributed by atoms with E-state index in [1.165, 1.54) is 6.08 Å². The molecule has 0 aliphatic heterocycles. The van der Waals surface area contributed by atoms with Crippen molar-refractivity contribution in [2.75, 3.05) is 5.32 Å². The minimum absolute atomic E-state index is 0.189. The summed E-state index contributed by atoms with van der Waals surface area (Å²) in [5.74, 6) is 0.401. The quantitative estimate of drug-likeness (QED) is 0.420. The van der Waals surface area contributed by atoms with Gasteiger partial charge in [0, 0.05) is 17.3 Å². The van der Waals surface area contributed by atoms with Crippen molar-refractivity contribution in [3.05, 3.63) is 93.3 Å². The van der Waals surface area contributed by atoms with Crippen LogP contribution in [-0.4, -0.2) is 9.97 Å². The number of nitrogens with one attached hydrogen (secondary N) is 2. The summed E-state index contributed by atoms with van der Waals surface area (Å²) in [5, 5.41) is 12.5. The molecule has 4 rings (SSSR count). The van der Waals surface area contributed by atoms with Crippen molar-refractivity contribution in [2.24, 2.45) is 0 Å². The number of H-pyrrole nitrogens is 1. The Morgan fingerprint density at radius 1 is 1.03 bits per heavy atom. The highest BCUT2D eigenvalue weighted by Crippen LogP contribution is 2.33. The van der Waals surface area contributed by atoms with E-state index >= 15 is 0 Å². The largest absolute Gasteiger partial charge is 0.326 e. The van der Waals surface area contributed by atoms with Gasteiger partial charge in [-0.1, -0.05) is 42.0 Å². The Balaban J connectivity index is 1.87. The lowest BCUT2D eigenvalue weighted by Crippen LogP contribution is -2.12. The Bertz CT molecular complexity index is 1380. The van der Waals surface area contributed by atoms with Crippen molar-refractivity contribution in [1.29, 1.82) is 5.26 Å². The number of aromatic nitrogens is 2. The molecule has 0 saturated heterocycles. The molecule has 152 valence electrons. The summed E-state index contributed by atoms with van der Waals surface area (Å²) in [6.45, 7) is 6.09. The van der Waals surface area contributed by atoms with Crippen LogP contribution in [0.4, 0.5) is 11.6 Å². The molecular formula is C26H22N4O. The van der Waals surface area contributed by atoms with Crippen LogP contribution in [0.2, 0.25) is 0 Å². The Kier molecular flexibility index (Phi) is 5.38. The first-order valence-corrected chi connectivity index (χ1v) is 10.0. The first-order valence-electron chi connectivity index (χ1n) is 10.0. The van der Waals surface area contributed by atoms with Gasteiger partial charge < -0.3 is 5.32 Å². The van der Waals surface area contributed by atoms with E-state index in [9.17, 15) is 4.79 Å². The number of hydrogen-bond acceptors (Lipinski definition) is 4. The van der Waals surface area contributed by atoms with Gasteiger partial charge in [-0.25, -0.2) is 4.98 Å². The lowest BCUT2D eigenvalue weighted by molar-refractivity contribution is 1.17. The topological polar surface area (TPSA) is 81.6 Å². The van der Waals surface area contributed by atoms with Crippen molar-refractivity contribution < 1.29 is 0 Å². The van der Waals surface area contributed by atoms with Crippen LogP contribution >= 0.6 is 0 Å². The molecular weight excluding hydrogens is 384 g/mol. The molecule has 2 N–H and O–H groups in total. The number of anilines is 2. The van der Waals surface area contributed by atoms with Crippen LogP contribution in [0.3, 0.4) is 0 Å². The summed E-state index contributed by atoms with van der Waals surface area (Å²) < 4.78 is 0. The summed E-state index contributed by atoms with van der Waals surface area (Å²) in [6, 6.07) is 19.7. The molecule has 31 heavy (non-hydrogen) atoms. The van der Waals surface area contributed by atoms with Crippen LogP contribution in [0.15, 0.2) is 65.5 Å². The average Bonchev–Trinajstić information content (AvgIpc) is 2.74. The molecule has 1 aromatic heterocycles. The Morgan fingerprint density at radius 3 is 2.42 bits per heavy atom. The van der Waals surface area contributed by atoms with Gasteiger partial charge in [0.1, 0.15) is 0 Å². The fourth-order valence-corrected chi connectivity index (χ4v) is 3.85. The molecule has 5 nitrogen and oxygen atoms in total. The van der Waals surface area contributed by atoms with Crippen LogP contribution in [0.5, 0.6) is 0 Å². The van der Waals surface area contributed by atoms with Crippen LogP contribution in [-0.2, 0) is 0 Å². The van der Waals surface area contributed by atoms with E-state index in [0.29, 0.717) is 16.9 Å². The molecule has 0 saturated carbocycles. The SMILES string of the molecule is Cc1ccc(Nc2nc3c(-c4c(C)cc(/C=C/C#N)cc4C)cccc3c(=O)[nH]2)cc1. The number of rotatable bonds is 4. The predicted molar refractivity (Wildman–Crippen MR) is 126 cm³/mol. The summed E-state index contributed by atoms with van der Waals surface area (Å²) in [7, 11) is 0. The predicted octanol–water partition coefficient (Wildman–Crippen LogP) is 5.80. The summed E-state index contributed by atoms with van der Waals surface area (Å²) in [4.78, 5) is 20.4. The van der Waals surface area contributed by atoms with E-state index in [0.717, 1.165) is 39.1 Å². The third kappa shape index (κ3) is 4.10. The fourth-order valence-electron chi connectivity index (χ4n) is 3.85. The number of hydrogen-bond donors (Lipinski definition) is 2. The third-order valence-corrected chi connectivity index (χ3v) is 5.23. The fraction of sp³-hybridized carbons (Fsp3) is 0.115. The van der Waals surface area contributed by atoms with Gasteiger partial charge in [0.15, 0.2) is 0 Å². The number of nitrogens with zero attached hydrogens (tertiary/aromatic N) is 2. The van der Waals surface area contributed by atoms with Gasteiger partial charge >= 0.3 is 0 Å². The van der Waals surface area contributed by atoms with Gasteiger partial charge in [-0.05, 0) is 67.3 Å². The maximum absolute atomic E-state index is 12.8. The summed E-state index contributed by atoms with van der Waals surface area (Å²) in [6.07, 6.45) is 3.26. The van der Waals surface area contributed by atoms with Crippen molar-refractivity contribution in [1.82, 2.24) is 9.97 Å². The van der Waals surface area contributed by atoms with Gasteiger partial charge in [-0.3, -0.25) is 9.78 Å². The second-order valence-electron chi connectivity index (χ2n) is 7.60. The van der Waals surface area contributed by atoms with E-state index in [2.05, 4.69) is 10.3 Å². The number of benzene rings is 3. The molecule has 0 bridgehead atoms. The molecule has 0 aliphatic rings. The zero-order valence-electron chi connectivity index (χ0n) is 17.7. The number of nitriles is 1. The van der Waals surface area contributed by atoms with Gasteiger partial charge in [0.05, 0.1) is 17.0 Å². The molecule has 0 amide bonds. The lowest BCUT2D eigenvalue weighted by Gasteiger charge is -2.14. The van der Waals surface area contributed by atoms with Crippen LogP contribution in [0, 0.1) is 32.1 Å². The summed E-state index contributed by atoms with van der Waals surface area (Å²) in [5.41, 5.74) is 7.49. The van der Waals surface area contributed by atoms with E-state index in [4.69, 9.17) is 10.2 Å². The minimum Gasteiger partial charge on any atom is -0.326 e. The van der Waals surface area contributed by atoms with E-state index in [-0.39, 0.29) is 5.56 Å². The second kappa shape index (κ2) is 8.29. The first kappa shape index (κ1) is 20.1. The van der Waals surface area contributed by atoms with Crippen molar-refractivity contribution in [3.8, 4) is 17.2 Å². The molecule has 4 aromatic rings. The van der Waals surface area contributed by atoms with E-state index in [1.807, 2.05) is 75.4 Å². The highest BCUT2D eigenvalue weighted by Gasteiger charge is 2.14. The number of para-hydroxylation sites is 1. The van der Waals surface area contributed by atoms with Crippen molar-refractivity contribution in [2.45, 2.75) is 20.8 Å². The van der Waals surface area contributed by atoms with Crippen LogP contribution in [0.25, 0.3) is 28.1 Å². The zero-order valence-corrected chi connectivity index (χ0v) is 17.7. The molecule has 1 heterocycles. The number of allylic oxidation sites excluding steroid dienone is 1. The smallest absolute Gasteiger partial charge is 0.260 e. The Labute approximate surface area is 180 Å². The molecule has 0 radical (unpaired) electrons. The summed E-state index contributed by atoms with van der Waals surface area (Å²) >= 11 is 0. The number of aromatic amines is 1. The molecule has 3 aromatic carbocycles. The maximum Gasteiger partial charge on any atom is 0.260 e. The van der Waals surface area contributed by atoms with Crippen molar-refractivity contribution in [3.63, 3.8) is 0 Å². The molecule has 0 spiro atoms. The van der Waals surface area contributed by atoms with Gasteiger partial charge in [-0.2, -0.15) is 5.26 Å². The second-order valence-corrected chi connectivity index (χ2v) is 7.60. The first-order chi connectivity index (χ1) is 15.0. The standard InChI is InChI=1S/C26H22N4O/c1-16-9-11-20(12-10-16)28-26-29-24-21(7-4-8-22(24)25(31)30-26)23-17(2)14-19(6-5-13-27)15-18(23)3/h4-12,14-15H,1-3H3,(H2,28,29,30,31)/b6-5+. The maximum atomic E-state index is 12.8. The molecule has 0 fully saturated rings. The Hall–Kier alpha value is -4.17. The normalized spacial score (nSPS) is 11.0. The molecule has 0 aliphatic carbocycles. The number of fused-ring (bicyclic) bond motifs is 1. The van der Waals surface area contributed by atoms with Crippen LogP contribution in [0.1, 0.15) is 22.3 Å². The molecule has 0 atom stereocenters. The van der Waals surface area contributed by atoms with Crippen molar-refractivity contribution >= 4 is 28.6 Å². The van der Waals surface area contributed by atoms with E-state index < -0.39 is 0 Å².